The predicted octanol–water partition coefficient (Wildman–Crippen LogP) is 1.33. The van der Waals surface area contributed by atoms with Gasteiger partial charge < -0.3 is 14.6 Å². The Bertz CT molecular complexity index is 318. The van der Waals surface area contributed by atoms with E-state index < -0.39 is 5.60 Å². The Morgan fingerprint density at radius 1 is 1.29 bits per heavy atom. The zero-order valence-electron chi connectivity index (χ0n) is 8.87. The highest BCUT2D eigenvalue weighted by atomic mass is 16.5. The highest BCUT2D eigenvalue weighted by Gasteiger charge is 2.24. The Morgan fingerprint density at radius 3 is 2.36 bits per heavy atom. The van der Waals surface area contributed by atoms with Crippen LogP contribution in [0.2, 0.25) is 0 Å². The highest BCUT2D eigenvalue weighted by molar-refractivity contribution is 5.44. The van der Waals surface area contributed by atoms with Gasteiger partial charge in [-0.1, -0.05) is 0 Å². The number of rotatable bonds is 3. The summed E-state index contributed by atoms with van der Waals surface area (Å²) in [4.78, 5) is 4.07. The third kappa shape index (κ3) is 1.96. The summed E-state index contributed by atoms with van der Waals surface area (Å²) in [6, 6.07) is 1.69. The van der Waals surface area contributed by atoms with Crippen molar-refractivity contribution in [3.05, 3.63) is 18.0 Å². The minimum absolute atomic E-state index is 0.472. The summed E-state index contributed by atoms with van der Waals surface area (Å²) in [5.74, 6) is 1.04. The normalized spacial score (nSPS) is 11.2. The Kier molecular flexibility index (Phi) is 2.96. The zero-order valence-corrected chi connectivity index (χ0v) is 8.87. The van der Waals surface area contributed by atoms with Gasteiger partial charge in [-0.3, -0.25) is 4.98 Å². The fraction of sp³-hybridized carbons (Fsp3) is 0.500. The van der Waals surface area contributed by atoms with Crippen LogP contribution in [0.4, 0.5) is 0 Å². The summed E-state index contributed by atoms with van der Waals surface area (Å²) in [6.07, 6.45) is 1.58. The van der Waals surface area contributed by atoms with E-state index in [0.29, 0.717) is 17.2 Å². The SMILES string of the molecule is COc1ccnc(C(C)(C)O)c1OC. The summed E-state index contributed by atoms with van der Waals surface area (Å²) < 4.78 is 10.2. The second kappa shape index (κ2) is 3.84. The molecule has 78 valence electrons. The van der Waals surface area contributed by atoms with Gasteiger partial charge in [0.15, 0.2) is 11.5 Å². The first-order valence-corrected chi connectivity index (χ1v) is 4.30. The minimum Gasteiger partial charge on any atom is -0.493 e. The van der Waals surface area contributed by atoms with E-state index in [4.69, 9.17) is 9.47 Å². The molecule has 0 amide bonds. The molecule has 1 aromatic heterocycles. The molecule has 1 rings (SSSR count). The second-order valence-corrected chi connectivity index (χ2v) is 3.45. The van der Waals surface area contributed by atoms with Crippen molar-refractivity contribution in [2.24, 2.45) is 0 Å². The van der Waals surface area contributed by atoms with Gasteiger partial charge in [0, 0.05) is 12.3 Å². The standard InChI is InChI=1S/C10H15NO3/c1-10(2,12)9-8(14-4)7(13-3)5-6-11-9/h5-6,12H,1-4H3. The molecule has 0 spiro atoms. The van der Waals surface area contributed by atoms with Crippen molar-refractivity contribution in [1.29, 1.82) is 0 Å². The molecule has 0 saturated carbocycles. The lowest BCUT2D eigenvalue weighted by Crippen LogP contribution is -2.19. The molecule has 0 aliphatic rings. The molecular weight excluding hydrogens is 182 g/mol. The summed E-state index contributed by atoms with van der Waals surface area (Å²) in [5, 5.41) is 9.82. The van der Waals surface area contributed by atoms with Crippen LogP contribution in [0.3, 0.4) is 0 Å². The average molecular weight is 197 g/mol. The first-order chi connectivity index (χ1) is 6.50. The maximum atomic E-state index is 9.82. The van der Waals surface area contributed by atoms with Crippen molar-refractivity contribution >= 4 is 0 Å². The summed E-state index contributed by atoms with van der Waals surface area (Å²) in [7, 11) is 3.07. The van der Waals surface area contributed by atoms with Crippen molar-refractivity contribution in [2.75, 3.05) is 14.2 Å². The smallest absolute Gasteiger partial charge is 0.185 e. The lowest BCUT2D eigenvalue weighted by molar-refractivity contribution is 0.0701. The van der Waals surface area contributed by atoms with Crippen molar-refractivity contribution in [2.45, 2.75) is 19.4 Å². The lowest BCUT2D eigenvalue weighted by atomic mass is 10.0. The number of aromatic nitrogens is 1. The van der Waals surface area contributed by atoms with Crippen LogP contribution < -0.4 is 9.47 Å². The molecule has 0 saturated heterocycles. The fourth-order valence-electron chi connectivity index (χ4n) is 1.22. The van der Waals surface area contributed by atoms with Crippen LogP contribution in [0.1, 0.15) is 19.5 Å². The van der Waals surface area contributed by atoms with Gasteiger partial charge in [-0.25, -0.2) is 0 Å². The molecule has 0 atom stereocenters. The molecule has 1 aromatic rings. The highest BCUT2D eigenvalue weighted by Crippen LogP contribution is 2.34. The van der Waals surface area contributed by atoms with Gasteiger partial charge >= 0.3 is 0 Å². The molecule has 0 bridgehead atoms. The van der Waals surface area contributed by atoms with E-state index in [2.05, 4.69) is 4.98 Å². The molecule has 0 unspecified atom stereocenters. The number of hydrogen-bond acceptors (Lipinski definition) is 4. The van der Waals surface area contributed by atoms with Gasteiger partial charge in [0.2, 0.25) is 0 Å². The minimum atomic E-state index is -1.04. The number of nitrogens with zero attached hydrogens (tertiary/aromatic N) is 1. The number of methoxy groups -OCH3 is 2. The third-order valence-corrected chi connectivity index (χ3v) is 1.87. The lowest BCUT2D eigenvalue weighted by Gasteiger charge is -2.20. The Hall–Kier alpha value is -1.29. The number of ether oxygens (including phenoxy) is 2. The van der Waals surface area contributed by atoms with E-state index in [-0.39, 0.29) is 0 Å². The van der Waals surface area contributed by atoms with Crippen LogP contribution in [0, 0.1) is 0 Å². The van der Waals surface area contributed by atoms with Crippen molar-refractivity contribution < 1.29 is 14.6 Å². The van der Waals surface area contributed by atoms with Crippen LogP contribution in [0.25, 0.3) is 0 Å². The van der Waals surface area contributed by atoms with Crippen molar-refractivity contribution in [1.82, 2.24) is 4.98 Å². The average Bonchev–Trinajstić information content (AvgIpc) is 2.15. The quantitative estimate of drug-likeness (QED) is 0.794. The van der Waals surface area contributed by atoms with Gasteiger partial charge in [0.1, 0.15) is 11.3 Å². The third-order valence-electron chi connectivity index (χ3n) is 1.87. The molecule has 0 aromatic carbocycles. The Labute approximate surface area is 83.5 Å². The van der Waals surface area contributed by atoms with Crippen LogP contribution in [0.5, 0.6) is 11.5 Å². The first kappa shape index (κ1) is 10.8. The number of pyridine rings is 1. The van der Waals surface area contributed by atoms with Crippen molar-refractivity contribution in [3.8, 4) is 11.5 Å². The van der Waals surface area contributed by atoms with Gasteiger partial charge in [-0.05, 0) is 13.8 Å². The van der Waals surface area contributed by atoms with Gasteiger partial charge in [0.25, 0.3) is 0 Å². The number of aliphatic hydroxyl groups is 1. The maximum Gasteiger partial charge on any atom is 0.185 e. The van der Waals surface area contributed by atoms with Crippen LogP contribution in [-0.4, -0.2) is 24.3 Å². The summed E-state index contributed by atoms with van der Waals surface area (Å²) >= 11 is 0. The predicted molar refractivity (Wildman–Crippen MR) is 52.6 cm³/mol. The van der Waals surface area contributed by atoms with Crippen molar-refractivity contribution in [3.63, 3.8) is 0 Å². The molecular formula is C10H15NO3. The molecule has 4 heteroatoms. The van der Waals surface area contributed by atoms with Crippen LogP contribution in [0.15, 0.2) is 12.3 Å². The molecule has 1 N–H and O–H groups in total. The van der Waals surface area contributed by atoms with Crippen LogP contribution in [-0.2, 0) is 5.60 Å². The van der Waals surface area contributed by atoms with Crippen LogP contribution >= 0.6 is 0 Å². The Balaban J connectivity index is 3.29. The van der Waals surface area contributed by atoms with E-state index in [1.165, 1.54) is 7.11 Å². The molecule has 4 nitrogen and oxygen atoms in total. The Morgan fingerprint density at radius 2 is 1.93 bits per heavy atom. The molecule has 0 radical (unpaired) electrons. The van der Waals surface area contributed by atoms with E-state index in [9.17, 15) is 5.11 Å². The molecule has 14 heavy (non-hydrogen) atoms. The van der Waals surface area contributed by atoms with E-state index in [1.54, 1.807) is 33.2 Å². The number of hydrogen-bond donors (Lipinski definition) is 1. The second-order valence-electron chi connectivity index (χ2n) is 3.45. The molecule has 0 fully saturated rings. The van der Waals surface area contributed by atoms with E-state index >= 15 is 0 Å². The monoisotopic (exact) mass is 197 g/mol. The van der Waals surface area contributed by atoms with Gasteiger partial charge in [0.05, 0.1) is 14.2 Å². The van der Waals surface area contributed by atoms with E-state index in [0.717, 1.165) is 0 Å². The van der Waals surface area contributed by atoms with Gasteiger partial charge in [-0.2, -0.15) is 0 Å². The fourth-order valence-corrected chi connectivity index (χ4v) is 1.22. The van der Waals surface area contributed by atoms with Gasteiger partial charge in [-0.15, -0.1) is 0 Å². The maximum absolute atomic E-state index is 9.82. The summed E-state index contributed by atoms with van der Waals surface area (Å²) in [6.45, 7) is 3.30. The molecule has 1 heterocycles. The topological polar surface area (TPSA) is 51.6 Å². The largest absolute Gasteiger partial charge is 0.493 e. The first-order valence-electron chi connectivity index (χ1n) is 4.30. The molecule has 0 aliphatic heterocycles. The van der Waals surface area contributed by atoms with E-state index in [1.807, 2.05) is 0 Å². The molecule has 0 aliphatic carbocycles. The summed E-state index contributed by atoms with van der Waals surface area (Å²) in [5.41, 5.74) is -0.570. The zero-order chi connectivity index (χ0) is 10.8.